The molecule has 35 heavy (non-hydrogen) atoms. The number of hydrogen-bond donors (Lipinski definition) is 3. The lowest BCUT2D eigenvalue weighted by Crippen LogP contribution is -2.44. The Morgan fingerprint density at radius 2 is 1.97 bits per heavy atom. The third kappa shape index (κ3) is 3.52. The van der Waals surface area contributed by atoms with Crippen LogP contribution >= 0.6 is 0 Å². The Morgan fingerprint density at radius 1 is 1.17 bits per heavy atom. The Morgan fingerprint density at radius 3 is 2.77 bits per heavy atom. The number of nitrogens with one attached hydrogen (secondary N) is 3. The molecule has 0 saturated carbocycles. The van der Waals surface area contributed by atoms with Crippen LogP contribution in [0.2, 0.25) is 0 Å². The fraction of sp³-hybridized carbons (Fsp3) is 0.296. The summed E-state index contributed by atoms with van der Waals surface area (Å²) >= 11 is 0. The summed E-state index contributed by atoms with van der Waals surface area (Å²) in [5, 5.41) is 6.92. The second kappa shape index (κ2) is 8.09. The number of H-pyrrole nitrogens is 1. The van der Waals surface area contributed by atoms with Crippen molar-refractivity contribution in [2.24, 2.45) is 11.8 Å². The highest BCUT2D eigenvalue weighted by Crippen LogP contribution is 2.52. The first-order valence-corrected chi connectivity index (χ1v) is 11.8. The Balaban J connectivity index is 1.16. The van der Waals surface area contributed by atoms with Crippen LogP contribution in [0.15, 0.2) is 66.9 Å². The number of rotatable bonds is 6. The average Bonchev–Trinajstić information content (AvgIpc) is 3.59. The molecular formula is C27H26N4O4. The Kier molecular flexibility index (Phi) is 5.00. The van der Waals surface area contributed by atoms with Crippen LogP contribution in [0.4, 0.5) is 11.4 Å². The number of amides is 3. The van der Waals surface area contributed by atoms with Gasteiger partial charge in [-0.3, -0.25) is 14.4 Å². The van der Waals surface area contributed by atoms with Gasteiger partial charge in [0.1, 0.15) is 5.60 Å². The zero-order chi connectivity index (χ0) is 24.2. The second-order valence-electron chi connectivity index (χ2n) is 9.45. The van der Waals surface area contributed by atoms with Gasteiger partial charge in [-0.2, -0.15) is 0 Å². The molecule has 3 aliphatic heterocycles. The largest absolute Gasteiger partial charge is 0.361 e. The highest BCUT2D eigenvalue weighted by molar-refractivity contribution is 6.03. The van der Waals surface area contributed by atoms with Crippen molar-refractivity contribution in [3.8, 4) is 0 Å². The van der Waals surface area contributed by atoms with Gasteiger partial charge in [0, 0.05) is 41.9 Å². The lowest BCUT2D eigenvalue weighted by molar-refractivity contribution is -0.131. The number of carbonyl (C=O) groups is 3. The van der Waals surface area contributed by atoms with Gasteiger partial charge in [-0.05, 0) is 42.3 Å². The van der Waals surface area contributed by atoms with Crippen LogP contribution in [0.1, 0.15) is 12.5 Å². The van der Waals surface area contributed by atoms with Gasteiger partial charge in [0.05, 0.1) is 24.5 Å². The summed E-state index contributed by atoms with van der Waals surface area (Å²) in [5.41, 5.74) is 2.82. The molecule has 6 rings (SSSR count). The normalized spacial score (nSPS) is 26.4. The highest BCUT2D eigenvalue weighted by atomic mass is 16.5. The molecule has 178 valence electrons. The van der Waals surface area contributed by atoms with Crippen LogP contribution in [-0.4, -0.2) is 47.5 Å². The quantitative estimate of drug-likeness (QED) is 0.482. The van der Waals surface area contributed by atoms with Gasteiger partial charge in [0.2, 0.25) is 17.7 Å². The molecule has 8 heteroatoms. The SMILES string of the molecule is CC(=O)Nc1ccc(N2C[C@@]34C=C[C@H](O3)[C@H](C(=O)NCCc3c[nH]c5ccccc35)[C@H]4C2=O)cc1. The van der Waals surface area contributed by atoms with Crippen LogP contribution in [0, 0.1) is 11.8 Å². The minimum atomic E-state index is -0.781. The van der Waals surface area contributed by atoms with E-state index in [0.717, 1.165) is 16.5 Å². The fourth-order valence-electron chi connectivity index (χ4n) is 5.72. The third-order valence-electron chi connectivity index (χ3n) is 7.27. The van der Waals surface area contributed by atoms with Gasteiger partial charge < -0.3 is 25.3 Å². The van der Waals surface area contributed by atoms with E-state index in [1.54, 1.807) is 29.2 Å². The van der Waals surface area contributed by atoms with E-state index in [1.165, 1.54) is 6.92 Å². The molecule has 2 aromatic carbocycles. The number of ether oxygens (including phenoxy) is 1. The van der Waals surface area contributed by atoms with E-state index < -0.39 is 17.4 Å². The Hall–Kier alpha value is -3.91. The van der Waals surface area contributed by atoms with Crippen LogP contribution in [0.3, 0.4) is 0 Å². The molecule has 3 N–H and O–H groups in total. The Bertz CT molecular complexity index is 1360. The summed E-state index contributed by atoms with van der Waals surface area (Å²) in [6, 6.07) is 15.2. The van der Waals surface area contributed by atoms with Crippen LogP contribution in [0.5, 0.6) is 0 Å². The van der Waals surface area contributed by atoms with E-state index in [2.05, 4.69) is 21.7 Å². The molecule has 3 aromatic rings. The first kappa shape index (κ1) is 21.6. The summed E-state index contributed by atoms with van der Waals surface area (Å²) < 4.78 is 6.23. The zero-order valence-electron chi connectivity index (χ0n) is 19.3. The van der Waals surface area contributed by atoms with E-state index >= 15 is 0 Å². The molecule has 1 aromatic heterocycles. The molecule has 3 amide bonds. The number of nitrogens with zero attached hydrogens (tertiary/aromatic N) is 1. The number of benzene rings is 2. The molecular weight excluding hydrogens is 444 g/mol. The van der Waals surface area contributed by atoms with E-state index in [1.807, 2.05) is 36.5 Å². The summed E-state index contributed by atoms with van der Waals surface area (Å²) in [4.78, 5) is 43.0. The average molecular weight is 471 g/mol. The number of hydrogen-bond acceptors (Lipinski definition) is 4. The lowest BCUT2D eigenvalue weighted by Gasteiger charge is -2.23. The smallest absolute Gasteiger partial charge is 0.234 e. The van der Waals surface area contributed by atoms with Crippen molar-refractivity contribution < 1.29 is 19.1 Å². The maximum atomic E-state index is 13.5. The number of para-hydroxylation sites is 1. The minimum absolute atomic E-state index is 0.110. The van der Waals surface area contributed by atoms with Crippen molar-refractivity contribution >= 4 is 40.0 Å². The monoisotopic (exact) mass is 470 g/mol. The van der Waals surface area contributed by atoms with Crippen molar-refractivity contribution in [2.45, 2.75) is 25.0 Å². The molecule has 1 spiro atoms. The topological polar surface area (TPSA) is 104 Å². The van der Waals surface area contributed by atoms with Gasteiger partial charge >= 0.3 is 0 Å². The molecule has 2 fully saturated rings. The van der Waals surface area contributed by atoms with E-state index in [-0.39, 0.29) is 23.8 Å². The van der Waals surface area contributed by atoms with Crippen LogP contribution < -0.4 is 15.5 Å². The van der Waals surface area contributed by atoms with Crippen molar-refractivity contribution in [2.75, 3.05) is 23.3 Å². The lowest BCUT2D eigenvalue weighted by atomic mass is 9.77. The molecule has 0 aliphatic carbocycles. The van der Waals surface area contributed by atoms with Gasteiger partial charge in [-0.1, -0.05) is 30.4 Å². The van der Waals surface area contributed by atoms with Crippen LogP contribution in [0.25, 0.3) is 10.9 Å². The summed E-state index contributed by atoms with van der Waals surface area (Å²) in [6.45, 7) is 2.29. The zero-order valence-corrected chi connectivity index (χ0v) is 19.3. The van der Waals surface area contributed by atoms with Gasteiger partial charge in [-0.25, -0.2) is 0 Å². The predicted molar refractivity (Wildman–Crippen MR) is 132 cm³/mol. The second-order valence-corrected chi connectivity index (χ2v) is 9.45. The molecule has 8 nitrogen and oxygen atoms in total. The number of carbonyl (C=O) groups excluding carboxylic acids is 3. The summed E-state index contributed by atoms with van der Waals surface area (Å²) in [5.74, 6) is -1.53. The molecule has 0 radical (unpaired) electrons. The third-order valence-corrected chi connectivity index (χ3v) is 7.27. The molecule has 4 heterocycles. The molecule has 3 aliphatic rings. The first-order chi connectivity index (χ1) is 16.9. The molecule has 4 atom stereocenters. The predicted octanol–water partition coefficient (Wildman–Crippen LogP) is 2.77. The van der Waals surface area contributed by atoms with Crippen LogP contribution in [-0.2, 0) is 25.5 Å². The van der Waals surface area contributed by atoms with Gasteiger partial charge in [-0.15, -0.1) is 0 Å². The van der Waals surface area contributed by atoms with E-state index in [0.29, 0.717) is 30.9 Å². The van der Waals surface area contributed by atoms with Crippen molar-refractivity contribution in [1.29, 1.82) is 0 Å². The summed E-state index contributed by atoms with van der Waals surface area (Å²) in [7, 11) is 0. The Labute approximate surface area is 202 Å². The maximum Gasteiger partial charge on any atom is 0.234 e. The molecule has 2 bridgehead atoms. The molecule has 0 unspecified atom stereocenters. The molecule has 2 saturated heterocycles. The van der Waals surface area contributed by atoms with Gasteiger partial charge in [0.25, 0.3) is 0 Å². The van der Waals surface area contributed by atoms with E-state index in [9.17, 15) is 14.4 Å². The highest BCUT2D eigenvalue weighted by Gasteiger charge is 2.67. The van der Waals surface area contributed by atoms with Crippen molar-refractivity contribution in [3.05, 3.63) is 72.4 Å². The number of anilines is 2. The van der Waals surface area contributed by atoms with Crippen molar-refractivity contribution in [3.63, 3.8) is 0 Å². The van der Waals surface area contributed by atoms with Gasteiger partial charge in [0.15, 0.2) is 0 Å². The number of aromatic nitrogens is 1. The number of aromatic amines is 1. The maximum absolute atomic E-state index is 13.5. The van der Waals surface area contributed by atoms with E-state index in [4.69, 9.17) is 4.74 Å². The standard InChI is InChI=1S/C27H26N4O4/c1-16(32)30-18-6-8-19(9-7-18)31-15-27-12-10-22(35-27)23(24(27)26(31)34)25(33)28-13-11-17-14-29-21-5-3-2-4-20(17)21/h2-10,12,14,22-24,29H,11,13,15H2,1H3,(H,28,33)(H,30,32)/t22-,23-,24-,27+/m0/s1. The number of fused-ring (bicyclic) bond motifs is 2. The minimum Gasteiger partial charge on any atom is -0.361 e. The summed E-state index contributed by atoms with van der Waals surface area (Å²) in [6.07, 6.45) is 6.14. The first-order valence-electron chi connectivity index (χ1n) is 11.8. The van der Waals surface area contributed by atoms with Crippen molar-refractivity contribution in [1.82, 2.24) is 10.3 Å². The fourth-order valence-corrected chi connectivity index (χ4v) is 5.72.